The van der Waals surface area contributed by atoms with Crippen LogP contribution in [0.25, 0.3) is 0 Å². The predicted molar refractivity (Wildman–Crippen MR) is 77.5 cm³/mol. The van der Waals surface area contributed by atoms with Crippen molar-refractivity contribution in [1.82, 2.24) is 9.97 Å². The molecule has 3 nitrogen and oxygen atoms in total. The van der Waals surface area contributed by atoms with Crippen molar-refractivity contribution in [3.8, 4) is 0 Å². The molecule has 104 valence electrons. The summed E-state index contributed by atoms with van der Waals surface area (Å²) < 4.78 is 13.7. The van der Waals surface area contributed by atoms with Gasteiger partial charge in [-0.1, -0.05) is 29.8 Å². The molecule has 1 atom stereocenters. The van der Waals surface area contributed by atoms with Gasteiger partial charge >= 0.3 is 0 Å². The van der Waals surface area contributed by atoms with E-state index in [4.69, 9.17) is 11.6 Å². The van der Waals surface area contributed by atoms with Crippen LogP contribution in [-0.2, 0) is 0 Å². The second kappa shape index (κ2) is 5.37. The van der Waals surface area contributed by atoms with Gasteiger partial charge in [-0.15, -0.1) is 0 Å². The van der Waals surface area contributed by atoms with Gasteiger partial charge < -0.3 is 5.32 Å². The molecule has 1 fully saturated rings. The first kappa shape index (κ1) is 13.3. The fraction of sp³-hybridized carbons (Fsp3) is 0.333. The zero-order chi connectivity index (χ0) is 14.1. The van der Waals surface area contributed by atoms with Crippen LogP contribution in [0, 0.1) is 5.82 Å². The topological polar surface area (TPSA) is 37.8 Å². The van der Waals surface area contributed by atoms with Crippen molar-refractivity contribution in [1.29, 1.82) is 0 Å². The van der Waals surface area contributed by atoms with E-state index in [0.29, 0.717) is 22.5 Å². The minimum atomic E-state index is -0.227. The van der Waals surface area contributed by atoms with Gasteiger partial charge in [-0.3, -0.25) is 0 Å². The lowest BCUT2D eigenvalue weighted by Crippen LogP contribution is -2.10. The largest absolute Gasteiger partial charge is 0.363 e. The van der Waals surface area contributed by atoms with Crippen LogP contribution in [-0.4, -0.2) is 9.97 Å². The number of halogens is 2. The molecule has 0 bridgehead atoms. The molecule has 1 saturated carbocycles. The quantitative estimate of drug-likeness (QED) is 0.853. The molecule has 0 aliphatic heterocycles. The Balaban J connectivity index is 1.82. The number of benzene rings is 1. The summed E-state index contributed by atoms with van der Waals surface area (Å²) in [5.74, 6) is 1.62. The van der Waals surface area contributed by atoms with Crippen LogP contribution in [0.5, 0.6) is 0 Å². The Morgan fingerprint density at radius 3 is 2.75 bits per heavy atom. The molecule has 2 aromatic rings. The lowest BCUT2D eigenvalue weighted by atomic mass is 10.1. The van der Waals surface area contributed by atoms with Gasteiger partial charge in [-0.25, -0.2) is 14.4 Å². The van der Waals surface area contributed by atoms with E-state index < -0.39 is 0 Å². The summed E-state index contributed by atoms with van der Waals surface area (Å²) in [6, 6.07) is 8.20. The first-order chi connectivity index (χ1) is 9.63. The lowest BCUT2D eigenvalue weighted by Gasteiger charge is -2.16. The average molecular weight is 292 g/mol. The molecule has 1 N–H and O–H groups in total. The van der Waals surface area contributed by atoms with Crippen molar-refractivity contribution in [2.75, 3.05) is 5.32 Å². The predicted octanol–water partition coefficient (Wildman–Crippen LogP) is 4.32. The Bertz CT molecular complexity index is 628. The van der Waals surface area contributed by atoms with Crippen LogP contribution >= 0.6 is 11.6 Å². The Kier molecular flexibility index (Phi) is 3.57. The van der Waals surface area contributed by atoms with Crippen molar-refractivity contribution < 1.29 is 4.39 Å². The van der Waals surface area contributed by atoms with E-state index in [9.17, 15) is 4.39 Å². The highest BCUT2D eigenvalue weighted by atomic mass is 35.5. The van der Waals surface area contributed by atoms with E-state index in [1.165, 1.54) is 6.07 Å². The molecule has 0 amide bonds. The molecule has 1 heterocycles. The lowest BCUT2D eigenvalue weighted by molar-refractivity contribution is 0.600. The Labute approximate surface area is 122 Å². The van der Waals surface area contributed by atoms with Crippen molar-refractivity contribution in [3.63, 3.8) is 0 Å². The summed E-state index contributed by atoms with van der Waals surface area (Å²) in [5.41, 5.74) is 0.607. The maximum Gasteiger partial charge on any atom is 0.135 e. The summed E-state index contributed by atoms with van der Waals surface area (Å²) in [7, 11) is 0. The second-order valence-electron chi connectivity index (χ2n) is 5.10. The standard InChI is InChI=1S/C15H15ClFN3/c1-9(11-4-2-3-5-12(11)17)18-14-8-13(16)19-15(20-14)10-6-7-10/h2-5,8-10H,6-7H2,1H3,(H,18,19,20). The van der Waals surface area contributed by atoms with E-state index in [-0.39, 0.29) is 11.9 Å². The normalized spacial score (nSPS) is 15.9. The maximum absolute atomic E-state index is 13.7. The molecule has 5 heteroatoms. The van der Waals surface area contributed by atoms with Gasteiger partial charge in [0.25, 0.3) is 0 Å². The third-order valence-electron chi connectivity index (χ3n) is 3.39. The minimum Gasteiger partial charge on any atom is -0.363 e. The van der Waals surface area contributed by atoms with Gasteiger partial charge in [-0.05, 0) is 25.8 Å². The van der Waals surface area contributed by atoms with Gasteiger partial charge in [0.2, 0.25) is 0 Å². The van der Waals surface area contributed by atoms with Crippen LogP contribution in [0.4, 0.5) is 10.2 Å². The zero-order valence-corrected chi connectivity index (χ0v) is 11.9. The number of nitrogens with zero attached hydrogens (tertiary/aromatic N) is 2. The SMILES string of the molecule is CC(Nc1cc(Cl)nc(C2CC2)n1)c1ccccc1F. The van der Waals surface area contributed by atoms with Crippen LogP contribution < -0.4 is 5.32 Å². The van der Waals surface area contributed by atoms with Crippen molar-refractivity contribution in [2.45, 2.75) is 31.7 Å². The Morgan fingerprint density at radius 2 is 2.05 bits per heavy atom. The molecule has 0 spiro atoms. The monoisotopic (exact) mass is 291 g/mol. The van der Waals surface area contributed by atoms with Gasteiger partial charge in [0, 0.05) is 17.5 Å². The smallest absolute Gasteiger partial charge is 0.135 e. The molecule has 0 saturated heterocycles. The number of nitrogens with one attached hydrogen (secondary N) is 1. The van der Waals surface area contributed by atoms with Crippen molar-refractivity contribution in [2.24, 2.45) is 0 Å². The van der Waals surface area contributed by atoms with E-state index in [2.05, 4.69) is 15.3 Å². The third kappa shape index (κ3) is 2.90. The molecule has 1 aliphatic rings. The van der Waals surface area contributed by atoms with E-state index in [1.54, 1.807) is 18.2 Å². The fourth-order valence-corrected chi connectivity index (χ4v) is 2.35. The fourth-order valence-electron chi connectivity index (χ4n) is 2.16. The van der Waals surface area contributed by atoms with Crippen LogP contribution in [0.3, 0.4) is 0 Å². The molecule has 1 aliphatic carbocycles. The molecule has 20 heavy (non-hydrogen) atoms. The van der Waals surface area contributed by atoms with Crippen LogP contribution in [0.1, 0.15) is 43.1 Å². The van der Waals surface area contributed by atoms with E-state index >= 15 is 0 Å². The maximum atomic E-state index is 13.7. The molecular weight excluding hydrogens is 277 g/mol. The number of anilines is 1. The van der Waals surface area contributed by atoms with Gasteiger partial charge in [-0.2, -0.15) is 0 Å². The summed E-state index contributed by atoms with van der Waals surface area (Å²) in [6.07, 6.45) is 2.23. The summed E-state index contributed by atoms with van der Waals surface area (Å²) >= 11 is 6.02. The van der Waals surface area contributed by atoms with Gasteiger partial charge in [0.15, 0.2) is 0 Å². The highest BCUT2D eigenvalue weighted by Gasteiger charge is 2.27. The number of hydrogen-bond acceptors (Lipinski definition) is 3. The van der Waals surface area contributed by atoms with Crippen molar-refractivity contribution in [3.05, 3.63) is 52.7 Å². The number of hydrogen-bond donors (Lipinski definition) is 1. The first-order valence-corrected chi connectivity index (χ1v) is 7.06. The number of rotatable bonds is 4. The molecular formula is C15H15ClFN3. The summed E-state index contributed by atoms with van der Waals surface area (Å²) in [4.78, 5) is 8.70. The zero-order valence-electron chi connectivity index (χ0n) is 11.1. The minimum absolute atomic E-state index is 0.186. The highest BCUT2D eigenvalue weighted by molar-refractivity contribution is 6.29. The van der Waals surface area contributed by atoms with E-state index in [1.807, 2.05) is 13.0 Å². The first-order valence-electron chi connectivity index (χ1n) is 6.69. The van der Waals surface area contributed by atoms with Crippen molar-refractivity contribution >= 4 is 17.4 Å². The van der Waals surface area contributed by atoms with E-state index in [0.717, 1.165) is 18.7 Å². The van der Waals surface area contributed by atoms with Gasteiger partial charge in [0.05, 0.1) is 6.04 Å². The molecule has 1 aromatic carbocycles. The van der Waals surface area contributed by atoms with Crippen LogP contribution in [0.15, 0.2) is 30.3 Å². The number of aromatic nitrogens is 2. The Morgan fingerprint density at radius 1 is 1.30 bits per heavy atom. The highest BCUT2D eigenvalue weighted by Crippen LogP contribution is 2.39. The van der Waals surface area contributed by atoms with Crippen LogP contribution in [0.2, 0.25) is 5.15 Å². The molecule has 0 radical (unpaired) electrons. The molecule has 3 rings (SSSR count). The molecule has 1 unspecified atom stereocenters. The average Bonchev–Trinajstić information content (AvgIpc) is 3.22. The van der Waals surface area contributed by atoms with Gasteiger partial charge in [0.1, 0.15) is 22.6 Å². The summed E-state index contributed by atoms with van der Waals surface area (Å²) in [6.45, 7) is 1.89. The molecule has 1 aromatic heterocycles. The third-order valence-corrected chi connectivity index (χ3v) is 3.58. The second-order valence-corrected chi connectivity index (χ2v) is 5.48. The Hall–Kier alpha value is -1.68. The summed E-state index contributed by atoms with van der Waals surface area (Å²) in [5, 5.41) is 3.61.